The Balaban J connectivity index is 0.000000325. The van der Waals surface area contributed by atoms with Crippen molar-refractivity contribution in [2.24, 2.45) is 7.05 Å². The number of hydrogen-bond donors (Lipinski definition) is 3. The van der Waals surface area contributed by atoms with Gasteiger partial charge in [0.05, 0.1) is 30.2 Å². The lowest BCUT2D eigenvalue weighted by Crippen LogP contribution is -2.57. The Labute approximate surface area is 275 Å². The maximum atomic E-state index is 10.6. The summed E-state index contributed by atoms with van der Waals surface area (Å²) in [4.78, 5) is 41.3. The average molecular weight is 740 g/mol. The van der Waals surface area contributed by atoms with Gasteiger partial charge < -0.3 is 19.9 Å². The van der Waals surface area contributed by atoms with Crippen molar-refractivity contribution in [1.29, 1.82) is 0 Å². The number of alkyl halides is 9. The number of carbonyl (C=O) groups is 3. The number of aromatic nitrogens is 5. The molecule has 0 atom stereocenters. The highest BCUT2D eigenvalue weighted by atomic mass is 32.1. The van der Waals surface area contributed by atoms with Gasteiger partial charge in [-0.2, -0.15) is 44.6 Å². The standard InChI is InChI=1S/C20H27N7S.3C2HF3O2/c1-3-26-9-10-27-17(16-12-23-24(2)14-16)13-22-19(27)20(26)4-7-25(8-5-20)15-18-21-6-11-28-18;3*3-2(4,5)1(6)7/h6,11-14H,3-5,7-10,15H2,1-2H3;3*(H,6,7). The molecule has 5 rings (SSSR count). The molecule has 1 spiro atoms. The van der Waals surface area contributed by atoms with Crippen LogP contribution in [-0.2, 0) is 40.1 Å². The van der Waals surface area contributed by atoms with Crippen LogP contribution in [0.3, 0.4) is 0 Å². The fraction of sp³-hybridized carbons (Fsp3) is 0.538. The van der Waals surface area contributed by atoms with E-state index in [9.17, 15) is 39.5 Å². The molecule has 0 saturated carbocycles. The number of carboxylic acids is 3. The van der Waals surface area contributed by atoms with E-state index in [1.165, 1.54) is 16.5 Å². The SMILES string of the molecule is CCN1CCn2c(-c3cnn(C)c3)cnc2C12CCN(Cc1nccs1)CC2.O=C(O)C(F)(F)F.O=C(O)C(F)(F)F.O=C(O)C(F)(F)F. The molecule has 274 valence electrons. The zero-order chi connectivity index (χ0) is 37.4. The van der Waals surface area contributed by atoms with Crippen LogP contribution in [0.15, 0.2) is 30.2 Å². The molecule has 0 aliphatic carbocycles. The number of fused-ring (bicyclic) bond motifs is 2. The number of thiazole rings is 1. The van der Waals surface area contributed by atoms with E-state index in [-0.39, 0.29) is 5.54 Å². The molecule has 13 nitrogen and oxygen atoms in total. The second-order valence-corrected chi connectivity index (χ2v) is 11.2. The van der Waals surface area contributed by atoms with Crippen LogP contribution >= 0.6 is 11.3 Å². The van der Waals surface area contributed by atoms with Crippen molar-refractivity contribution in [1.82, 2.24) is 34.1 Å². The van der Waals surface area contributed by atoms with E-state index in [0.717, 1.165) is 57.7 Å². The largest absolute Gasteiger partial charge is 0.490 e. The Morgan fingerprint density at radius 3 is 1.73 bits per heavy atom. The van der Waals surface area contributed by atoms with Gasteiger partial charge in [0.15, 0.2) is 0 Å². The normalized spacial score (nSPS) is 16.2. The Hall–Kier alpha value is -4.25. The van der Waals surface area contributed by atoms with Crippen LogP contribution in [0.1, 0.15) is 30.6 Å². The average Bonchev–Trinajstić information content (AvgIpc) is 3.76. The second kappa shape index (κ2) is 16.4. The molecular formula is C26H30F9N7O6S. The van der Waals surface area contributed by atoms with Gasteiger partial charge in [0.2, 0.25) is 0 Å². The summed E-state index contributed by atoms with van der Waals surface area (Å²) in [6.07, 6.45) is -5.03. The van der Waals surface area contributed by atoms with Crippen LogP contribution in [0.25, 0.3) is 11.3 Å². The Morgan fingerprint density at radius 2 is 1.35 bits per heavy atom. The highest BCUT2D eigenvalue weighted by molar-refractivity contribution is 7.09. The number of piperidine rings is 1. The van der Waals surface area contributed by atoms with Gasteiger partial charge in [-0.3, -0.25) is 14.5 Å². The monoisotopic (exact) mass is 739 g/mol. The molecule has 3 N–H and O–H groups in total. The quantitative estimate of drug-likeness (QED) is 0.323. The third-order valence-corrected chi connectivity index (χ3v) is 7.87. The van der Waals surface area contributed by atoms with Crippen molar-refractivity contribution in [2.75, 3.05) is 26.2 Å². The molecule has 1 fully saturated rings. The van der Waals surface area contributed by atoms with Crippen LogP contribution in [0.2, 0.25) is 0 Å². The first-order chi connectivity index (χ1) is 22.5. The van der Waals surface area contributed by atoms with Gasteiger partial charge in [-0.25, -0.2) is 24.4 Å². The number of hydrogen-bond acceptors (Lipinski definition) is 9. The Bertz CT molecular complexity index is 1470. The minimum Gasteiger partial charge on any atom is -0.475 e. The lowest BCUT2D eigenvalue weighted by atomic mass is 9.83. The molecule has 0 radical (unpaired) electrons. The number of carboxylic acid groups (broad SMARTS) is 3. The number of imidazole rings is 1. The van der Waals surface area contributed by atoms with Gasteiger partial charge >= 0.3 is 36.4 Å². The number of halogens is 9. The number of likely N-dealkylation sites (tertiary alicyclic amines) is 1. The van der Waals surface area contributed by atoms with E-state index >= 15 is 0 Å². The summed E-state index contributed by atoms with van der Waals surface area (Å²) in [6, 6.07) is 0. The fourth-order valence-corrected chi connectivity index (χ4v) is 5.60. The van der Waals surface area contributed by atoms with E-state index in [2.05, 4.69) is 49.1 Å². The summed E-state index contributed by atoms with van der Waals surface area (Å²) < 4.78 is 99.5. The van der Waals surface area contributed by atoms with Crippen LogP contribution < -0.4 is 0 Å². The number of nitrogens with zero attached hydrogens (tertiary/aromatic N) is 7. The first-order valence-corrected chi connectivity index (χ1v) is 14.7. The van der Waals surface area contributed by atoms with Gasteiger partial charge in [-0.15, -0.1) is 11.3 Å². The minimum atomic E-state index is -5.08. The molecule has 1 saturated heterocycles. The zero-order valence-electron chi connectivity index (χ0n) is 25.6. The fourth-order valence-electron chi connectivity index (χ4n) is 4.94. The van der Waals surface area contributed by atoms with Crippen LogP contribution in [-0.4, -0.2) is 112 Å². The van der Waals surface area contributed by atoms with Crippen molar-refractivity contribution in [3.05, 3.63) is 41.0 Å². The summed E-state index contributed by atoms with van der Waals surface area (Å²) in [5.74, 6) is -7.03. The molecule has 0 amide bonds. The van der Waals surface area contributed by atoms with E-state index in [1.54, 1.807) is 11.3 Å². The molecule has 23 heteroatoms. The molecule has 2 aliphatic heterocycles. The van der Waals surface area contributed by atoms with Gasteiger partial charge in [0, 0.05) is 56.6 Å². The number of aliphatic carboxylic acids is 3. The molecule has 0 aromatic carbocycles. The summed E-state index contributed by atoms with van der Waals surface area (Å²) >= 11 is 1.75. The summed E-state index contributed by atoms with van der Waals surface area (Å²) in [6.45, 7) is 8.58. The predicted octanol–water partition coefficient (Wildman–Crippen LogP) is 4.47. The lowest BCUT2D eigenvalue weighted by molar-refractivity contribution is -0.193. The molecule has 3 aromatic heterocycles. The Morgan fingerprint density at radius 1 is 0.837 bits per heavy atom. The molecule has 5 heterocycles. The molecule has 0 unspecified atom stereocenters. The van der Waals surface area contributed by atoms with E-state index in [1.807, 2.05) is 24.1 Å². The highest BCUT2D eigenvalue weighted by Crippen LogP contribution is 2.42. The third-order valence-electron chi connectivity index (χ3n) is 7.11. The molecular weight excluding hydrogens is 709 g/mol. The second-order valence-electron chi connectivity index (χ2n) is 10.2. The van der Waals surface area contributed by atoms with Crippen LogP contribution in [0, 0.1) is 0 Å². The maximum Gasteiger partial charge on any atom is 0.490 e. The number of likely N-dealkylation sites (N-methyl/N-ethyl adjacent to an activating group) is 1. The number of aryl methyl sites for hydroxylation is 1. The summed E-state index contributed by atoms with van der Waals surface area (Å²) in [7, 11) is 1.97. The lowest BCUT2D eigenvalue weighted by Gasteiger charge is -2.50. The first-order valence-electron chi connectivity index (χ1n) is 13.8. The number of rotatable bonds is 4. The molecule has 0 bridgehead atoms. The van der Waals surface area contributed by atoms with E-state index < -0.39 is 36.4 Å². The van der Waals surface area contributed by atoms with Crippen molar-refractivity contribution in [3.8, 4) is 11.3 Å². The van der Waals surface area contributed by atoms with Crippen LogP contribution in [0.4, 0.5) is 39.5 Å². The van der Waals surface area contributed by atoms with Gasteiger partial charge in [0.25, 0.3) is 0 Å². The highest BCUT2D eigenvalue weighted by Gasteiger charge is 2.47. The maximum absolute atomic E-state index is 10.6. The van der Waals surface area contributed by atoms with Crippen LogP contribution in [0.5, 0.6) is 0 Å². The third kappa shape index (κ3) is 11.4. The topological polar surface area (TPSA) is 167 Å². The van der Waals surface area contributed by atoms with E-state index in [0.29, 0.717) is 0 Å². The first kappa shape index (κ1) is 40.9. The van der Waals surface area contributed by atoms with Gasteiger partial charge in [-0.1, -0.05) is 6.92 Å². The predicted molar refractivity (Wildman–Crippen MR) is 151 cm³/mol. The summed E-state index contributed by atoms with van der Waals surface area (Å²) in [5, 5.41) is 29.0. The minimum absolute atomic E-state index is 0.0484. The summed E-state index contributed by atoms with van der Waals surface area (Å²) in [5.41, 5.74) is 2.40. The molecule has 3 aromatic rings. The smallest absolute Gasteiger partial charge is 0.475 e. The zero-order valence-corrected chi connectivity index (χ0v) is 26.4. The van der Waals surface area contributed by atoms with E-state index in [4.69, 9.17) is 34.7 Å². The van der Waals surface area contributed by atoms with Gasteiger partial charge in [-0.05, 0) is 19.4 Å². The van der Waals surface area contributed by atoms with Crippen molar-refractivity contribution < 1.29 is 69.2 Å². The molecule has 49 heavy (non-hydrogen) atoms. The van der Waals surface area contributed by atoms with Gasteiger partial charge in [0.1, 0.15) is 10.8 Å². The Kier molecular flexibility index (Phi) is 13.7. The molecule has 2 aliphatic rings. The van der Waals surface area contributed by atoms with Crippen molar-refractivity contribution >= 4 is 29.2 Å². The van der Waals surface area contributed by atoms with Crippen molar-refractivity contribution in [3.63, 3.8) is 0 Å². The van der Waals surface area contributed by atoms with Crippen molar-refractivity contribution in [2.45, 2.75) is 56.9 Å².